The van der Waals surface area contributed by atoms with Crippen LogP contribution in [0, 0.1) is 0 Å². The maximum absolute atomic E-state index is 12.5. The lowest BCUT2D eigenvalue weighted by Crippen LogP contribution is -2.16. The van der Waals surface area contributed by atoms with E-state index in [0.717, 1.165) is 5.56 Å². The van der Waals surface area contributed by atoms with Gasteiger partial charge >= 0.3 is 0 Å². The highest BCUT2D eigenvalue weighted by Crippen LogP contribution is 2.33. The molecule has 3 heteroatoms. The largest absolute Gasteiger partial charge is 0.294 e. The maximum atomic E-state index is 12.5. The number of nitrogens with zero attached hydrogens (tertiary/aromatic N) is 1. The molecule has 0 amide bonds. The van der Waals surface area contributed by atoms with Crippen molar-refractivity contribution >= 4 is 0 Å². The first kappa shape index (κ1) is 9.37. The van der Waals surface area contributed by atoms with E-state index in [1.54, 1.807) is 5.06 Å². The molecule has 1 aromatic carbocycles. The molecule has 1 unspecified atom stereocenters. The molecule has 1 heterocycles. The minimum absolute atomic E-state index is 0.0822. The van der Waals surface area contributed by atoms with Crippen molar-refractivity contribution in [1.29, 1.82) is 0 Å². The normalized spacial score (nSPS) is 25.9. The molecule has 2 nitrogen and oxygen atoms in total. The third-order valence-electron chi connectivity index (χ3n) is 2.41. The summed E-state index contributed by atoms with van der Waals surface area (Å²) >= 11 is 0. The summed E-state index contributed by atoms with van der Waals surface area (Å²) in [7, 11) is 1.81. The van der Waals surface area contributed by atoms with Crippen LogP contribution in [-0.4, -0.2) is 18.7 Å². The van der Waals surface area contributed by atoms with Gasteiger partial charge in [-0.2, -0.15) is 5.06 Å². The van der Waals surface area contributed by atoms with Crippen molar-refractivity contribution < 1.29 is 9.23 Å². The van der Waals surface area contributed by atoms with Crippen molar-refractivity contribution in [3.05, 3.63) is 47.8 Å². The zero-order valence-corrected chi connectivity index (χ0v) is 7.98. The molecule has 1 aromatic rings. The molecular formula is C11H12FNO. The lowest BCUT2D eigenvalue weighted by molar-refractivity contribution is -0.110. The summed E-state index contributed by atoms with van der Waals surface area (Å²) in [5.41, 5.74) is 1.72. The molecule has 2 rings (SSSR count). The van der Waals surface area contributed by atoms with Gasteiger partial charge in [-0.1, -0.05) is 30.3 Å². The van der Waals surface area contributed by atoms with Crippen LogP contribution in [0.25, 0.3) is 0 Å². The molecule has 0 bridgehead atoms. The SMILES string of the molecule is CN1OC/C(=C/F)C1c1ccccc1. The molecule has 1 saturated heterocycles. The number of hydroxylamine groups is 2. The molecule has 0 aliphatic carbocycles. The smallest absolute Gasteiger partial charge is 0.0940 e. The summed E-state index contributed by atoms with van der Waals surface area (Å²) in [6, 6.07) is 9.69. The average molecular weight is 193 g/mol. The number of likely N-dealkylation sites (N-methyl/N-ethyl adjacent to an activating group) is 1. The second-order valence-corrected chi connectivity index (χ2v) is 3.32. The van der Waals surface area contributed by atoms with Crippen molar-refractivity contribution in [3.8, 4) is 0 Å². The number of benzene rings is 1. The van der Waals surface area contributed by atoms with Crippen LogP contribution >= 0.6 is 0 Å². The van der Waals surface area contributed by atoms with Gasteiger partial charge in [-0.3, -0.25) is 4.84 Å². The minimum Gasteiger partial charge on any atom is -0.294 e. The lowest BCUT2D eigenvalue weighted by atomic mass is 10.0. The molecule has 1 aliphatic heterocycles. The summed E-state index contributed by atoms with van der Waals surface area (Å²) in [4.78, 5) is 5.25. The van der Waals surface area contributed by atoms with Crippen LogP contribution < -0.4 is 0 Å². The Kier molecular flexibility index (Phi) is 2.61. The molecule has 1 fully saturated rings. The van der Waals surface area contributed by atoms with E-state index in [-0.39, 0.29) is 6.04 Å². The van der Waals surface area contributed by atoms with Crippen LogP contribution in [0.4, 0.5) is 4.39 Å². The second kappa shape index (κ2) is 3.90. The molecule has 0 aromatic heterocycles. The molecule has 0 spiro atoms. The Morgan fingerprint density at radius 2 is 2.14 bits per heavy atom. The molecule has 0 N–H and O–H groups in total. The van der Waals surface area contributed by atoms with Gasteiger partial charge in [-0.05, 0) is 5.56 Å². The Morgan fingerprint density at radius 3 is 2.79 bits per heavy atom. The van der Waals surface area contributed by atoms with Gasteiger partial charge in [0, 0.05) is 12.6 Å². The van der Waals surface area contributed by atoms with Gasteiger partial charge in [0.05, 0.1) is 19.0 Å². The zero-order valence-electron chi connectivity index (χ0n) is 7.98. The van der Waals surface area contributed by atoms with Gasteiger partial charge in [-0.15, -0.1) is 0 Å². The number of hydrogen-bond acceptors (Lipinski definition) is 2. The molecule has 0 saturated carbocycles. The number of rotatable bonds is 1. The fourth-order valence-corrected chi connectivity index (χ4v) is 1.71. The Labute approximate surface area is 82.6 Å². The predicted octanol–water partition coefficient (Wildman–Crippen LogP) is 2.46. The van der Waals surface area contributed by atoms with Crippen LogP contribution in [0.2, 0.25) is 0 Å². The standard InChI is InChI=1S/C11H12FNO/c1-13-11(10(7-12)8-14-13)9-5-3-2-4-6-9/h2-7,11H,8H2,1H3/b10-7-. The van der Waals surface area contributed by atoms with E-state index in [1.165, 1.54) is 0 Å². The van der Waals surface area contributed by atoms with Crippen molar-refractivity contribution in [2.45, 2.75) is 6.04 Å². The van der Waals surface area contributed by atoms with Crippen LogP contribution in [0.15, 0.2) is 42.2 Å². The van der Waals surface area contributed by atoms with Crippen LogP contribution in [0.3, 0.4) is 0 Å². The molecule has 74 valence electrons. The topological polar surface area (TPSA) is 12.5 Å². The summed E-state index contributed by atoms with van der Waals surface area (Å²) in [5.74, 6) is 0. The zero-order chi connectivity index (χ0) is 9.97. The van der Waals surface area contributed by atoms with Gasteiger partial charge < -0.3 is 0 Å². The van der Waals surface area contributed by atoms with E-state index in [2.05, 4.69) is 0 Å². The van der Waals surface area contributed by atoms with Crippen LogP contribution in [0.1, 0.15) is 11.6 Å². The van der Waals surface area contributed by atoms with Crippen molar-refractivity contribution in [1.82, 2.24) is 5.06 Å². The Bertz CT molecular complexity index is 336. The monoisotopic (exact) mass is 193 g/mol. The summed E-state index contributed by atoms with van der Waals surface area (Å²) in [5, 5.41) is 1.68. The first-order chi connectivity index (χ1) is 6.83. The van der Waals surface area contributed by atoms with E-state index < -0.39 is 0 Å². The third-order valence-corrected chi connectivity index (χ3v) is 2.41. The minimum atomic E-state index is -0.0822. The van der Waals surface area contributed by atoms with E-state index in [0.29, 0.717) is 18.5 Å². The predicted molar refractivity (Wildman–Crippen MR) is 52.1 cm³/mol. The molecule has 0 radical (unpaired) electrons. The van der Waals surface area contributed by atoms with Gasteiger partial charge in [0.1, 0.15) is 0 Å². The van der Waals surface area contributed by atoms with Gasteiger partial charge in [0.25, 0.3) is 0 Å². The summed E-state index contributed by atoms with van der Waals surface area (Å²) in [6.45, 7) is 0.340. The molecule has 14 heavy (non-hydrogen) atoms. The highest BCUT2D eigenvalue weighted by Gasteiger charge is 2.28. The highest BCUT2D eigenvalue weighted by atomic mass is 19.1. The fraction of sp³-hybridized carbons (Fsp3) is 0.273. The number of hydrogen-bond donors (Lipinski definition) is 0. The van der Waals surface area contributed by atoms with Crippen molar-refractivity contribution in [2.75, 3.05) is 13.7 Å². The Hall–Kier alpha value is -1.19. The number of halogens is 1. The maximum Gasteiger partial charge on any atom is 0.0940 e. The van der Waals surface area contributed by atoms with Crippen molar-refractivity contribution in [3.63, 3.8) is 0 Å². The van der Waals surface area contributed by atoms with Crippen LogP contribution in [0.5, 0.6) is 0 Å². The van der Waals surface area contributed by atoms with E-state index in [1.807, 2.05) is 37.4 Å². The van der Waals surface area contributed by atoms with Crippen LogP contribution in [-0.2, 0) is 4.84 Å². The van der Waals surface area contributed by atoms with E-state index >= 15 is 0 Å². The van der Waals surface area contributed by atoms with Gasteiger partial charge in [0.15, 0.2) is 0 Å². The Morgan fingerprint density at radius 1 is 1.43 bits per heavy atom. The third kappa shape index (κ3) is 1.56. The summed E-state index contributed by atoms with van der Waals surface area (Å²) in [6.07, 6.45) is 0.640. The first-order valence-corrected chi connectivity index (χ1v) is 4.53. The second-order valence-electron chi connectivity index (χ2n) is 3.32. The quantitative estimate of drug-likeness (QED) is 0.679. The highest BCUT2D eigenvalue weighted by molar-refractivity contribution is 5.28. The van der Waals surface area contributed by atoms with E-state index in [9.17, 15) is 4.39 Å². The fourth-order valence-electron chi connectivity index (χ4n) is 1.71. The lowest BCUT2D eigenvalue weighted by Gasteiger charge is -2.17. The molecule has 1 atom stereocenters. The van der Waals surface area contributed by atoms with E-state index in [4.69, 9.17) is 4.84 Å². The van der Waals surface area contributed by atoms with Gasteiger partial charge in [-0.25, -0.2) is 4.39 Å². The molecule has 1 aliphatic rings. The molecular weight excluding hydrogens is 181 g/mol. The van der Waals surface area contributed by atoms with Crippen molar-refractivity contribution in [2.24, 2.45) is 0 Å². The summed E-state index contributed by atoms with van der Waals surface area (Å²) < 4.78 is 12.5. The first-order valence-electron chi connectivity index (χ1n) is 4.53. The average Bonchev–Trinajstić information content (AvgIpc) is 2.61. The Balaban J connectivity index is 2.33. The van der Waals surface area contributed by atoms with Gasteiger partial charge in [0.2, 0.25) is 0 Å².